The number of benzene rings is 2. The van der Waals surface area contributed by atoms with Crippen molar-refractivity contribution in [2.75, 3.05) is 19.5 Å². The molecule has 0 spiro atoms. The Bertz CT molecular complexity index is 913. The summed E-state index contributed by atoms with van der Waals surface area (Å²) in [6, 6.07) is 13.5. The maximum absolute atomic E-state index is 12.1. The first-order valence-electron chi connectivity index (χ1n) is 8.38. The lowest BCUT2D eigenvalue weighted by atomic mass is 10.2. The molecular formula is C21H20N2O5. The van der Waals surface area contributed by atoms with Crippen LogP contribution in [0.3, 0.4) is 0 Å². The van der Waals surface area contributed by atoms with Crippen LogP contribution in [0.5, 0.6) is 11.5 Å². The highest BCUT2D eigenvalue weighted by Crippen LogP contribution is 2.27. The molecule has 7 nitrogen and oxygen atoms in total. The van der Waals surface area contributed by atoms with E-state index in [1.165, 1.54) is 27.2 Å². The third kappa shape index (κ3) is 5.61. The number of carbonyl (C=O) groups is 2. The van der Waals surface area contributed by atoms with Gasteiger partial charge in [0.05, 0.1) is 25.9 Å². The van der Waals surface area contributed by atoms with Crippen molar-refractivity contribution in [3.8, 4) is 17.6 Å². The van der Waals surface area contributed by atoms with Crippen LogP contribution in [0.25, 0.3) is 6.08 Å². The van der Waals surface area contributed by atoms with Crippen LogP contribution in [0.15, 0.2) is 48.5 Å². The monoisotopic (exact) mass is 380 g/mol. The van der Waals surface area contributed by atoms with Crippen LogP contribution in [-0.4, -0.2) is 32.2 Å². The molecule has 0 aliphatic carbocycles. The van der Waals surface area contributed by atoms with E-state index in [2.05, 4.69) is 5.32 Å². The van der Waals surface area contributed by atoms with Gasteiger partial charge < -0.3 is 19.5 Å². The van der Waals surface area contributed by atoms with E-state index in [4.69, 9.17) is 19.5 Å². The minimum Gasteiger partial charge on any atom is -0.493 e. The van der Waals surface area contributed by atoms with Crippen molar-refractivity contribution in [3.05, 3.63) is 59.7 Å². The van der Waals surface area contributed by atoms with E-state index in [0.29, 0.717) is 28.3 Å². The Morgan fingerprint density at radius 1 is 1.07 bits per heavy atom. The van der Waals surface area contributed by atoms with Gasteiger partial charge in [-0.3, -0.25) is 4.79 Å². The molecule has 0 bridgehead atoms. The number of nitrogens with zero attached hydrogens (tertiary/aromatic N) is 1. The largest absolute Gasteiger partial charge is 0.493 e. The third-order valence-electron chi connectivity index (χ3n) is 3.76. The second-order valence-electron chi connectivity index (χ2n) is 5.71. The molecule has 0 saturated heterocycles. The molecule has 28 heavy (non-hydrogen) atoms. The number of esters is 1. The Hall–Kier alpha value is -3.79. The van der Waals surface area contributed by atoms with Gasteiger partial charge in [0, 0.05) is 11.8 Å². The Morgan fingerprint density at radius 2 is 1.75 bits per heavy atom. The first-order valence-corrected chi connectivity index (χ1v) is 8.38. The molecule has 2 rings (SSSR count). The van der Waals surface area contributed by atoms with E-state index in [0.717, 1.165) is 0 Å². The molecule has 1 atom stereocenters. The molecule has 1 N–H and O–H groups in total. The highest BCUT2D eigenvalue weighted by atomic mass is 16.5. The van der Waals surface area contributed by atoms with E-state index in [1.54, 1.807) is 48.5 Å². The Morgan fingerprint density at radius 3 is 2.36 bits per heavy atom. The van der Waals surface area contributed by atoms with Crippen LogP contribution in [0.1, 0.15) is 18.1 Å². The van der Waals surface area contributed by atoms with Crippen molar-refractivity contribution in [2.45, 2.75) is 13.0 Å². The molecule has 0 heterocycles. The van der Waals surface area contributed by atoms with Gasteiger partial charge >= 0.3 is 5.97 Å². The minimum absolute atomic E-state index is 0.474. The smallest absolute Gasteiger partial charge is 0.331 e. The van der Waals surface area contributed by atoms with Gasteiger partial charge in [-0.1, -0.05) is 6.07 Å². The summed E-state index contributed by atoms with van der Waals surface area (Å²) < 4.78 is 15.5. The summed E-state index contributed by atoms with van der Waals surface area (Å²) in [6.45, 7) is 1.47. The number of amides is 1. The van der Waals surface area contributed by atoms with E-state index < -0.39 is 18.0 Å². The van der Waals surface area contributed by atoms with Crippen molar-refractivity contribution in [1.29, 1.82) is 5.26 Å². The first-order chi connectivity index (χ1) is 13.5. The molecule has 2 aromatic carbocycles. The maximum Gasteiger partial charge on any atom is 0.331 e. The highest BCUT2D eigenvalue weighted by molar-refractivity contribution is 5.96. The molecule has 144 valence electrons. The number of methoxy groups -OCH3 is 2. The Balaban J connectivity index is 1.93. The van der Waals surface area contributed by atoms with E-state index in [-0.39, 0.29) is 0 Å². The number of anilines is 1. The van der Waals surface area contributed by atoms with Gasteiger partial charge in [0.1, 0.15) is 0 Å². The summed E-state index contributed by atoms with van der Waals surface area (Å²) in [6.07, 6.45) is 1.79. The summed E-state index contributed by atoms with van der Waals surface area (Å²) in [5, 5.41) is 11.4. The van der Waals surface area contributed by atoms with Crippen LogP contribution in [0.2, 0.25) is 0 Å². The van der Waals surface area contributed by atoms with Gasteiger partial charge in [-0.2, -0.15) is 5.26 Å². The molecule has 1 amide bonds. The lowest BCUT2D eigenvalue weighted by Gasteiger charge is -2.12. The zero-order valence-corrected chi connectivity index (χ0v) is 15.8. The highest BCUT2D eigenvalue weighted by Gasteiger charge is 2.16. The van der Waals surface area contributed by atoms with Crippen LogP contribution in [-0.2, 0) is 14.3 Å². The van der Waals surface area contributed by atoms with E-state index in [1.807, 2.05) is 6.07 Å². The average molecular weight is 380 g/mol. The fraction of sp³-hybridized carbons (Fsp3) is 0.190. The molecule has 0 saturated carbocycles. The molecule has 0 radical (unpaired) electrons. The predicted octanol–water partition coefficient (Wildman–Crippen LogP) is 3.16. The normalized spacial score (nSPS) is 11.4. The number of nitrogens with one attached hydrogen (secondary N) is 1. The molecule has 0 aliphatic rings. The van der Waals surface area contributed by atoms with Gasteiger partial charge in [0.2, 0.25) is 0 Å². The van der Waals surface area contributed by atoms with Gasteiger partial charge in [-0.25, -0.2) is 4.79 Å². The van der Waals surface area contributed by atoms with Crippen LogP contribution in [0, 0.1) is 11.3 Å². The van der Waals surface area contributed by atoms with E-state index >= 15 is 0 Å². The lowest BCUT2D eigenvalue weighted by molar-refractivity contribution is -0.148. The Kier molecular flexibility index (Phi) is 7.17. The third-order valence-corrected chi connectivity index (χ3v) is 3.76. The number of carbonyl (C=O) groups excluding carboxylic acids is 2. The second-order valence-corrected chi connectivity index (χ2v) is 5.71. The van der Waals surface area contributed by atoms with Crippen LogP contribution >= 0.6 is 0 Å². The summed E-state index contributed by atoms with van der Waals surface area (Å²) in [4.78, 5) is 24.1. The average Bonchev–Trinajstić information content (AvgIpc) is 2.72. The maximum atomic E-state index is 12.1. The Labute approximate surface area is 163 Å². The SMILES string of the molecule is COc1ccc(/C=C/C(=O)O[C@H](C)C(=O)Nc2ccc(C#N)cc2)cc1OC. The fourth-order valence-corrected chi connectivity index (χ4v) is 2.26. The summed E-state index contributed by atoms with van der Waals surface area (Å²) in [5.74, 6) is -0.0154. The van der Waals surface area contributed by atoms with E-state index in [9.17, 15) is 9.59 Å². The topological polar surface area (TPSA) is 97.6 Å². The van der Waals surface area contributed by atoms with Gasteiger partial charge in [-0.05, 0) is 55.0 Å². The second kappa shape index (κ2) is 9.78. The number of hydrogen-bond acceptors (Lipinski definition) is 6. The number of hydrogen-bond donors (Lipinski definition) is 1. The molecular weight excluding hydrogens is 360 g/mol. The standard InChI is InChI=1S/C21H20N2O5/c1-14(21(25)23-17-8-4-16(13-22)5-9-17)28-20(24)11-7-15-6-10-18(26-2)19(12-15)27-3/h4-12,14H,1-3H3,(H,23,25)/b11-7+/t14-/m1/s1. The van der Waals surface area contributed by atoms with Crippen molar-refractivity contribution < 1.29 is 23.8 Å². The van der Waals surface area contributed by atoms with Crippen molar-refractivity contribution in [2.24, 2.45) is 0 Å². The zero-order valence-electron chi connectivity index (χ0n) is 15.8. The minimum atomic E-state index is -0.988. The number of nitriles is 1. The van der Waals surface area contributed by atoms with Crippen LogP contribution < -0.4 is 14.8 Å². The molecule has 0 aliphatic heterocycles. The molecule has 0 fully saturated rings. The summed E-state index contributed by atoms with van der Waals surface area (Å²) in [7, 11) is 3.06. The molecule has 0 aromatic heterocycles. The molecule has 0 unspecified atom stereocenters. The quantitative estimate of drug-likeness (QED) is 0.585. The summed E-state index contributed by atoms with van der Waals surface area (Å²) >= 11 is 0. The zero-order chi connectivity index (χ0) is 20.5. The van der Waals surface area contributed by atoms with Crippen LogP contribution in [0.4, 0.5) is 5.69 Å². The van der Waals surface area contributed by atoms with Gasteiger partial charge in [0.25, 0.3) is 5.91 Å². The number of ether oxygens (including phenoxy) is 3. The van der Waals surface area contributed by atoms with Crippen molar-refractivity contribution in [3.63, 3.8) is 0 Å². The van der Waals surface area contributed by atoms with Gasteiger partial charge in [-0.15, -0.1) is 0 Å². The van der Waals surface area contributed by atoms with Crippen molar-refractivity contribution in [1.82, 2.24) is 0 Å². The summed E-state index contributed by atoms with van der Waals surface area (Å²) in [5.41, 5.74) is 1.70. The molecule has 2 aromatic rings. The van der Waals surface area contributed by atoms with Crippen molar-refractivity contribution >= 4 is 23.6 Å². The first kappa shape index (κ1) is 20.5. The fourth-order valence-electron chi connectivity index (χ4n) is 2.26. The lowest BCUT2D eigenvalue weighted by Crippen LogP contribution is -2.29. The molecule has 7 heteroatoms. The van der Waals surface area contributed by atoms with Gasteiger partial charge in [0.15, 0.2) is 17.6 Å². The predicted molar refractivity (Wildman–Crippen MR) is 104 cm³/mol. The number of rotatable bonds is 7.